The number of hydrogen-bond acceptors (Lipinski definition) is 6. The summed E-state index contributed by atoms with van der Waals surface area (Å²) < 4.78 is 1.86. The number of carboxylic acids is 1. The number of aromatic nitrogens is 4. The lowest BCUT2D eigenvalue weighted by molar-refractivity contribution is -0.144. The van der Waals surface area contributed by atoms with Gasteiger partial charge in [-0.25, -0.2) is 4.68 Å². The van der Waals surface area contributed by atoms with E-state index in [9.17, 15) is 9.90 Å². The van der Waals surface area contributed by atoms with Gasteiger partial charge >= 0.3 is 5.97 Å². The zero-order valence-electron chi connectivity index (χ0n) is 12.9. The van der Waals surface area contributed by atoms with Crippen LogP contribution in [0.3, 0.4) is 0 Å². The molecule has 1 fully saturated rings. The van der Waals surface area contributed by atoms with Crippen LogP contribution in [-0.2, 0) is 4.79 Å². The molecule has 1 aliphatic rings. The smallest absolute Gasteiger partial charge is 0.323 e. The maximum Gasteiger partial charge on any atom is 0.323 e. The van der Waals surface area contributed by atoms with Gasteiger partial charge in [0.05, 0.1) is 6.04 Å². The number of nitrogens with zero attached hydrogens (tertiary/aromatic N) is 4. The Hall–Kier alpha value is -1.15. The SMILES string of the molecule is CC(C)NC(C)(CC(C)Sc1nnnn1C1CC1)C(=O)O. The van der Waals surface area contributed by atoms with Gasteiger partial charge in [0.2, 0.25) is 5.16 Å². The first kappa shape index (κ1) is 16.2. The highest BCUT2D eigenvalue weighted by atomic mass is 32.2. The van der Waals surface area contributed by atoms with Crippen molar-refractivity contribution in [3.63, 3.8) is 0 Å². The van der Waals surface area contributed by atoms with Crippen LogP contribution in [0, 0.1) is 0 Å². The van der Waals surface area contributed by atoms with Crippen molar-refractivity contribution >= 4 is 17.7 Å². The average molecular weight is 313 g/mol. The molecule has 0 aliphatic heterocycles. The van der Waals surface area contributed by atoms with E-state index in [0.717, 1.165) is 18.0 Å². The fourth-order valence-corrected chi connectivity index (χ4v) is 3.61. The fraction of sp³-hybridized carbons (Fsp3) is 0.846. The predicted octanol–water partition coefficient (Wildman–Crippen LogP) is 1.72. The maximum absolute atomic E-state index is 11.6. The van der Waals surface area contributed by atoms with Crippen molar-refractivity contribution < 1.29 is 9.90 Å². The average Bonchev–Trinajstić information content (AvgIpc) is 3.09. The number of rotatable bonds is 8. The van der Waals surface area contributed by atoms with E-state index in [1.54, 1.807) is 18.7 Å². The molecule has 1 aromatic rings. The molecule has 1 heterocycles. The molecule has 0 amide bonds. The number of thioether (sulfide) groups is 1. The monoisotopic (exact) mass is 313 g/mol. The number of tetrazole rings is 1. The summed E-state index contributed by atoms with van der Waals surface area (Å²) in [5.41, 5.74) is -0.946. The van der Waals surface area contributed by atoms with Crippen LogP contribution in [0.15, 0.2) is 5.16 Å². The molecule has 7 nitrogen and oxygen atoms in total. The standard InChI is InChI=1S/C13H23N5O2S/c1-8(2)14-13(4,11(19)20)7-9(3)21-12-15-16-17-18(12)10-5-6-10/h8-10,14H,5-7H2,1-4H3,(H,19,20). The minimum Gasteiger partial charge on any atom is -0.480 e. The van der Waals surface area contributed by atoms with E-state index < -0.39 is 11.5 Å². The van der Waals surface area contributed by atoms with Crippen LogP contribution in [0.25, 0.3) is 0 Å². The van der Waals surface area contributed by atoms with Gasteiger partial charge in [-0.05, 0) is 50.5 Å². The first-order valence-corrected chi connectivity index (χ1v) is 8.15. The number of hydrogen-bond donors (Lipinski definition) is 2. The largest absolute Gasteiger partial charge is 0.480 e. The van der Waals surface area contributed by atoms with E-state index in [2.05, 4.69) is 20.8 Å². The normalized spacial score (nSPS) is 19.5. The van der Waals surface area contributed by atoms with Crippen LogP contribution in [0.2, 0.25) is 0 Å². The Balaban J connectivity index is 2.00. The van der Waals surface area contributed by atoms with E-state index in [0.29, 0.717) is 12.5 Å². The van der Waals surface area contributed by atoms with E-state index in [4.69, 9.17) is 0 Å². The Kier molecular flexibility index (Phi) is 4.88. The fourth-order valence-electron chi connectivity index (χ4n) is 2.45. The van der Waals surface area contributed by atoms with Gasteiger partial charge in [-0.1, -0.05) is 18.7 Å². The van der Waals surface area contributed by atoms with E-state index in [1.165, 1.54) is 0 Å². The lowest BCUT2D eigenvalue weighted by Crippen LogP contribution is -2.53. The van der Waals surface area contributed by atoms with Gasteiger partial charge in [0, 0.05) is 11.3 Å². The Morgan fingerprint density at radius 1 is 1.52 bits per heavy atom. The maximum atomic E-state index is 11.6. The van der Waals surface area contributed by atoms with Crippen LogP contribution >= 0.6 is 11.8 Å². The molecule has 2 N–H and O–H groups in total. The van der Waals surface area contributed by atoms with Crippen molar-refractivity contribution in [2.75, 3.05) is 0 Å². The summed E-state index contributed by atoms with van der Waals surface area (Å²) in [6, 6.07) is 0.537. The Morgan fingerprint density at radius 3 is 2.71 bits per heavy atom. The van der Waals surface area contributed by atoms with Gasteiger partial charge in [-0.3, -0.25) is 10.1 Å². The van der Waals surface area contributed by atoms with Gasteiger partial charge in [-0.2, -0.15) is 0 Å². The van der Waals surface area contributed by atoms with Gasteiger partial charge in [0.1, 0.15) is 5.54 Å². The lowest BCUT2D eigenvalue weighted by atomic mass is 9.95. The molecule has 2 unspecified atom stereocenters. The summed E-state index contributed by atoms with van der Waals surface area (Å²) in [6.07, 6.45) is 2.74. The van der Waals surface area contributed by atoms with Gasteiger partial charge in [0.25, 0.3) is 0 Å². The molecular formula is C13H23N5O2S. The number of aliphatic carboxylic acids is 1. The third kappa shape index (κ3) is 4.16. The van der Waals surface area contributed by atoms with Gasteiger partial charge in [0.15, 0.2) is 0 Å². The van der Waals surface area contributed by atoms with Crippen LogP contribution in [0.4, 0.5) is 0 Å². The molecular weight excluding hydrogens is 290 g/mol. The lowest BCUT2D eigenvalue weighted by Gasteiger charge is -2.30. The molecule has 118 valence electrons. The Bertz CT molecular complexity index is 503. The van der Waals surface area contributed by atoms with Crippen molar-refractivity contribution in [3.05, 3.63) is 0 Å². The van der Waals surface area contributed by atoms with Crippen LogP contribution in [-0.4, -0.2) is 48.1 Å². The molecule has 8 heteroatoms. The summed E-state index contributed by atoms with van der Waals surface area (Å²) in [6.45, 7) is 7.65. The van der Waals surface area contributed by atoms with Crippen LogP contribution in [0.1, 0.15) is 53.0 Å². The molecule has 0 bridgehead atoms. The number of nitrogens with one attached hydrogen (secondary N) is 1. The van der Waals surface area contributed by atoms with Crippen LogP contribution < -0.4 is 5.32 Å². The first-order valence-electron chi connectivity index (χ1n) is 7.27. The van der Waals surface area contributed by atoms with E-state index in [-0.39, 0.29) is 11.3 Å². The third-order valence-electron chi connectivity index (χ3n) is 3.44. The highest BCUT2D eigenvalue weighted by molar-refractivity contribution is 7.99. The quantitative estimate of drug-likeness (QED) is 0.706. The van der Waals surface area contributed by atoms with E-state index in [1.807, 2.05) is 25.5 Å². The zero-order valence-corrected chi connectivity index (χ0v) is 13.7. The molecule has 1 saturated carbocycles. The number of carboxylic acid groups (broad SMARTS) is 1. The van der Waals surface area contributed by atoms with Crippen molar-refractivity contribution in [2.45, 2.75) is 75.0 Å². The summed E-state index contributed by atoms with van der Waals surface area (Å²) >= 11 is 1.54. The molecule has 0 spiro atoms. The highest BCUT2D eigenvalue weighted by Crippen LogP contribution is 2.37. The molecule has 21 heavy (non-hydrogen) atoms. The second kappa shape index (κ2) is 6.31. The molecule has 0 aromatic carbocycles. The molecule has 1 aromatic heterocycles. The van der Waals surface area contributed by atoms with Gasteiger partial charge < -0.3 is 5.11 Å². The molecule has 0 radical (unpaired) electrons. The molecule has 0 saturated heterocycles. The second-order valence-electron chi connectivity index (χ2n) is 6.21. The third-order valence-corrected chi connectivity index (χ3v) is 4.49. The van der Waals surface area contributed by atoms with Gasteiger partial charge in [-0.15, -0.1) is 5.10 Å². The van der Waals surface area contributed by atoms with Crippen molar-refractivity contribution in [2.24, 2.45) is 0 Å². The summed E-state index contributed by atoms with van der Waals surface area (Å²) in [4.78, 5) is 11.6. The Morgan fingerprint density at radius 2 is 2.19 bits per heavy atom. The predicted molar refractivity (Wildman–Crippen MR) is 80.3 cm³/mol. The topological polar surface area (TPSA) is 92.9 Å². The second-order valence-corrected chi connectivity index (χ2v) is 7.61. The van der Waals surface area contributed by atoms with Crippen molar-refractivity contribution in [3.8, 4) is 0 Å². The molecule has 2 atom stereocenters. The summed E-state index contributed by atoms with van der Waals surface area (Å²) in [7, 11) is 0. The molecule has 2 rings (SSSR count). The Labute approximate surface area is 128 Å². The minimum absolute atomic E-state index is 0.0980. The first-order chi connectivity index (χ1) is 9.82. The zero-order chi connectivity index (χ0) is 15.6. The molecule has 1 aliphatic carbocycles. The van der Waals surface area contributed by atoms with Crippen LogP contribution in [0.5, 0.6) is 0 Å². The summed E-state index contributed by atoms with van der Waals surface area (Å²) in [5.74, 6) is -0.828. The van der Waals surface area contributed by atoms with E-state index >= 15 is 0 Å². The number of carbonyl (C=O) groups is 1. The van der Waals surface area contributed by atoms with Crippen molar-refractivity contribution in [1.29, 1.82) is 0 Å². The van der Waals surface area contributed by atoms with Crippen molar-refractivity contribution in [1.82, 2.24) is 25.5 Å². The summed E-state index contributed by atoms with van der Waals surface area (Å²) in [5, 5.41) is 25.3. The minimum atomic E-state index is -0.946. The highest BCUT2D eigenvalue weighted by Gasteiger charge is 2.36.